The summed E-state index contributed by atoms with van der Waals surface area (Å²) in [5.74, 6) is 0.489. The van der Waals surface area contributed by atoms with E-state index in [1.807, 2.05) is 0 Å². The number of amides is 1. The highest BCUT2D eigenvalue weighted by Crippen LogP contribution is 2.34. The minimum Gasteiger partial charge on any atom is -0.503 e. The van der Waals surface area contributed by atoms with Crippen LogP contribution in [0.1, 0.15) is 5.56 Å². The summed E-state index contributed by atoms with van der Waals surface area (Å²) in [5, 5.41) is 14.7. The van der Waals surface area contributed by atoms with Crippen molar-refractivity contribution in [3.05, 3.63) is 81.1 Å². The molecule has 0 aliphatic rings. The van der Waals surface area contributed by atoms with Crippen molar-refractivity contribution < 1.29 is 19.4 Å². The number of nitrogens with zero attached hydrogens (tertiary/aromatic N) is 3. The highest BCUT2D eigenvalue weighted by molar-refractivity contribution is 9.10. The van der Waals surface area contributed by atoms with E-state index in [1.54, 1.807) is 67.8 Å². The quantitative estimate of drug-likeness (QED) is 0.142. The fraction of sp³-hybridized carbons (Fsp3) is 0.120. The number of rotatable bonds is 8. The molecule has 0 fully saturated rings. The molecule has 0 bridgehead atoms. The number of carbonyl (C=O) groups is 1. The number of benzene rings is 3. The third-order valence-corrected chi connectivity index (χ3v) is 6.62. The Labute approximate surface area is 218 Å². The van der Waals surface area contributed by atoms with Crippen LogP contribution in [0.3, 0.4) is 0 Å². The van der Waals surface area contributed by atoms with Gasteiger partial charge in [-0.3, -0.25) is 14.2 Å². The van der Waals surface area contributed by atoms with Crippen molar-refractivity contribution in [3.63, 3.8) is 0 Å². The molecule has 3 aromatic carbocycles. The number of methoxy groups -OCH3 is 2. The van der Waals surface area contributed by atoms with Crippen LogP contribution in [-0.4, -0.2) is 46.8 Å². The molecular formula is C25H21BrN4O5S. The number of nitrogens with one attached hydrogen (secondary N) is 1. The number of thioether (sulfide) groups is 1. The Morgan fingerprint density at radius 1 is 1.17 bits per heavy atom. The van der Waals surface area contributed by atoms with Crippen LogP contribution in [-0.2, 0) is 4.79 Å². The Hall–Kier alpha value is -3.83. The van der Waals surface area contributed by atoms with Crippen molar-refractivity contribution in [3.8, 4) is 22.9 Å². The second-order valence-corrected chi connectivity index (χ2v) is 9.18. The molecule has 0 aliphatic heterocycles. The van der Waals surface area contributed by atoms with E-state index in [0.29, 0.717) is 37.5 Å². The lowest BCUT2D eigenvalue weighted by Crippen LogP contribution is -2.24. The molecule has 4 aromatic rings. The van der Waals surface area contributed by atoms with Crippen LogP contribution in [0.4, 0.5) is 0 Å². The van der Waals surface area contributed by atoms with E-state index in [1.165, 1.54) is 17.9 Å². The largest absolute Gasteiger partial charge is 0.503 e. The van der Waals surface area contributed by atoms with Gasteiger partial charge in [-0.15, -0.1) is 0 Å². The summed E-state index contributed by atoms with van der Waals surface area (Å²) in [6.45, 7) is 0. The first-order valence-corrected chi connectivity index (χ1v) is 12.4. The molecule has 9 nitrogen and oxygen atoms in total. The molecule has 1 amide bonds. The number of hydrogen-bond donors (Lipinski definition) is 2. The molecular weight excluding hydrogens is 548 g/mol. The highest BCUT2D eigenvalue weighted by Gasteiger charge is 2.15. The second-order valence-electron chi connectivity index (χ2n) is 7.39. The Morgan fingerprint density at radius 3 is 2.64 bits per heavy atom. The molecule has 0 saturated heterocycles. The first-order valence-electron chi connectivity index (χ1n) is 10.6. The standard InChI is InChI=1S/C25H21BrN4O5S/c1-34-17-9-7-16(8-10-17)30-24(33)18-5-3-4-6-20(18)28-25(30)36-14-22(31)29-27-13-15-11-19(26)23(32)21(12-15)35-2/h3-13,32H,14H2,1-2H3,(H,29,31)/b27-13-. The summed E-state index contributed by atoms with van der Waals surface area (Å²) in [6.07, 6.45) is 1.43. The topological polar surface area (TPSA) is 115 Å². The van der Waals surface area contributed by atoms with Gasteiger partial charge in [-0.1, -0.05) is 23.9 Å². The van der Waals surface area contributed by atoms with Gasteiger partial charge in [0.25, 0.3) is 11.5 Å². The first-order chi connectivity index (χ1) is 17.4. The van der Waals surface area contributed by atoms with E-state index in [9.17, 15) is 14.7 Å². The van der Waals surface area contributed by atoms with Crippen molar-refractivity contribution in [2.45, 2.75) is 5.16 Å². The van der Waals surface area contributed by atoms with Crippen molar-refractivity contribution in [1.29, 1.82) is 0 Å². The number of hydrazone groups is 1. The molecule has 1 heterocycles. The van der Waals surface area contributed by atoms with E-state index in [0.717, 1.165) is 11.8 Å². The van der Waals surface area contributed by atoms with Crippen LogP contribution >= 0.6 is 27.7 Å². The Balaban J connectivity index is 1.54. The number of aromatic hydroxyl groups is 1. The van der Waals surface area contributed by atoms with Gasteiger partial charge in [-0.25, -0.2) is 10.4 Å². The lowest BCUT2D eigenvalue weighted by Gasteiger charge is -2.13. The average Bonchev–Trinajstić information content (AvgIpc) is 2.89. The number of hydrogen-bond acceptors (Lipinski definition) is 8. The van der Waals surface area contributed by atoms with Gasteiger partial charge in [-0.2, -0.15) is 5.10 Å². The fourth-order valence-corrected chi connectivity index (χ4v) is 4.60. The summed E-state index contributed by atoms with van der Waals surface area (Å²) >= 11 is 4.36. The van der Waals surface area contributed by atoms with Gasteiger partial charge >= 0.3 is 0 Å². The molecule has 1 aromatic heterocycles. The Kier molecular flexibility index (Phi) is 7.91. The molecule has 11 heteroatoms. The molecule has 0 atom stereocenters. The minimum atomic E-state index is -0.384. The van der Waals surface area contributed by atoms with E-state index in [2.05, 4.69) is 31.4 Å². The predicted octanol–water partition coefficient (Wildman–Crippen LogP) is 4.11. The third-order valence-electron chi connectivity index (χ3n) is 5.08. The first kappa shape index (κ1) is 25.3. The number of phenolic OH excluding ortho intramolecular Hbond substituents is 1. The molecule has 36 heavy (non-hydrogen) atoms. The van der Waals surface area contributed by atoms with Crippen LogP contribution in [0.15, 0.2) is 80.2 Å². The lowest BCUT2D eigenvalue weighted by molar-refractivity contribution is -0.118. The molecule has 2 N–H and O–H groups in total. The smallest absolute Gasteiger partial charge is 0.266 e. The second kappa shape index (κ2) is 11.3. The highest BCUT2D eigenvalue weighted by atomic mass is 79.9. The summed E-state index contributed by atoms with van der Waals surface area (Å²) in [5.41, 5.74) is 3.97. The molecule has 4 rings (SSSR count). The molecule has 0 spiro atoms. The van der Waals surface area contributed by atoms with Crippen LogP contribution in [0.2, 0.25) is 0 Å². The number of ether oxygens (including phenoxy) is 2. The van der Waals surface area contributed by atoms with Gasteiger partial charge in [0.15, 0.2) is 16.7 Å². The normalized spacial score (nSPS) is 11.1. The van der Waals surface area contributed by atoms with Gasteiger partial charge < -0.3 is 14.6 Å². The average molecular weight is 569 g/mol. The van der Waals surface area contributed by atoms with E-state index in [-0.39, 0.29) is 28.7 Å². The minimum absolute atomic E-state index is 0.0269. The molecule has 0 radical (unpaired) electrons. The van der Waals surface area contributed by atoms with Gasteiger partial charge in [0.05, 0.1) is 47.3 Å². The van der Waals surface area contributed by atoms with E-state index >= 15 is 0 Å². The van der Waals surface area contributed by atoms with E-state index in [4.69, 9.17) is 9.47 Å². The Bertz CT molecular complexity index is 1510. The number of fused-ring (bicyclic) bond motifs is 1. The molecule has 0 saturated carbocycles. The van der Waals surface area contributed by atoms with Crippen LogP contribution in [0.5, 0.6) is 17.2 Å². The number of halogens is 1. The fourth-order valence-electron chi connectivity index (χ4n) is 3.33. The van der Waals surface area contributed by atoms with Crippen LogP contribution in [0, 0.1) is 0 Å². The zero-order chi connectivity index (χ0) is 25.7. The van der Waals surface area contributed by atoms with E-state index < -0.39 is 0 Å². The maximum absolute atomic E-state index is 13.3. The zero-order valence-electron chi connectivity index (χ0n) is 19.3. The third kappa shape index (κ3) is 5.52. The summed E-state index contributed by atoms with van der Waals surface area (Å²) in [7, 11) is 3.01. The van der Waals surface area contributed by atoms with Crippen molar-refractivity contribution in [2.75, 3.05) is 20.0 Å². The SMILES string of the molecule is COc1ccc(-n2c(SCC(=O)N/N=C\c3cc(Br)c(O)c(OC)c3)nc3ccccc3c2=O)cc1. The van der Waals surface area contributed by atoms with Crippen molar-refractivity contribution in [1.82, 2.24) is 15.0 Å². The zero-order valence-corrected chi connectivity index (χ0v) is 21.7. The summed E-state index contributed by atoms with van der Waals surface area (Å²) < 4.78 is 12.2. The van der Waals surface area contributed by atoms with Gasteiger partial charge in [0.1, 0.15) is 5.75 Å². The number of aromatic nitrogens is 2. The lowest BCUT2D eigenvalue weighted by atomic mass is 10.2. The number of phenols is 1. The maximum atomic E-state index is 13.3. The molecule has 184 valence electrons. The maximum Gasteiger partial charge on any atom is 0.266 e. The molecule has 0 aliphatic carbocycles. The van der Waals surface area contributed by atoms with Crippen LogP contribution in [0.25, 0.3) is 16.6 Å². The molecule has 0 unspecified atom stereocenters. The van der Waals surface area contributed by atoms with Gasteiger partial charge in [0.2, 0.25) is 0 Å². The summed E-state index contributed by atoms with van der Waals surface area (Å²) in [6, 6.07) is 17.3. The van der Waals surface area contributed by atoms with Crippen molar-refractivity contribution >= 4 is 50.7 Å². The van der Waals surface area contributed by atoms with Crippen LogP contribution < -0.4 is 20.5 Å². The predicted molar refractivity (Wildman–Crippen MR) is 143 cm³/mol. The Morgan fingerprint density at radius 2 is 1.92 bits per heavy atom. The number of carbonyl (C=O) groups excluding carboxylic acids is 1. The summed E-state index contributed by atoms with van der Waals surface area (Å²) in [4.78, 5) is 30.4. The van der Waals surface area contributed by atoms with Gasteiger partial charge in [-0.05, 0) is 70.0 Å². The van der Waals surface area contributed by atoms with Crippen molar-refractivity contribution in [2.24, 2.45) is 5.10 Å². The van der Waals surface area contributed by atoms with Gasteiger partial charge in [0, 0.05) is 0 Å². The monoisotopic (exact) mass is 568 g/mol. The number of para-hydroxylation sites is 1.